The third kappa shape index (κ3) is 4.38. The predicted octanol–water partition coefficient (Wildman–Crippen LogP) is 3.93. The maximum Gasteiger partial charge on any atom is 0.272 e. The summed E-state index contributed by atoms with van der Waals surface area (Å²) in [6.45, 7) is 3.32. The minimum atomic E-state index is -0.558. The molecule has 30 heavy (non-hydrogen) atoms. The van der Waals surface area contributed by atoms with E-state index < -0.39 is 6.04 Å². The fourth-order valence-electron chi connectivity index (χ4n) is 4.47. The van der Waals surface area contributed by atoms with E-state index in [2.05, 4.69) is 5.32 Å². The zero-order valence-electron chi connectivity index (χ0n) is 17.5. The van der Waals surface area contributed by atoms with Crippen LogP contribution in [0.4, 0.5) is 0 Å². The van der Waals surface area contributed by atoms with Gasteiger partial charge in [-0.15, -0.1) is 0 Å². The van der Waals surface area contributed by atoms with Crippen LogP contribution in [-0.2, 0) is 17.6 Å². The Morgan fingerprint density at radius 3 is 2.40 bits per heavy atom. The summed E-state index contributed by atoms with van der Waals surface area (Å²) < 4.78 is 1.88. The van der Waals surface area contributed by atoms with Gasteiger partial charge in [-0.1, -0.05) is 18.0 Å². The standard InChI is InChI=1S/C23H29ClN4O2/c1-16(23(30)27-14-6-3-7-15-27)25-22(29)21-19-8-4-2-5-9-20(19)28(26-21)18-12-10-17(24)11-13-18/h10-13,16H,2-9,14-15H2,1H3,(H,25,29)/t16-/m0/s1. The first-order chi connectivity index (χ1) is 14.5. The minimum Gasteiger partial charge on any atom is -0.341 e. The van der Waals surface area contributed by atoms with Gasteiger partial charge in [0.05, 0.1) is 5.69 Å². The molecular weight excluding hydrogens is 400 g/mol. The van der Waals surface area contributed by atoms with Crippen LogP contribution in [0.5, 0.6) is 0 Å². The van der Waals surface area contributed by atoms with Gasteiger partial charge in [0.2, 0.25) is 5.91 Å². The summed E-state index contributed by atoms with van der Waals surface area (Å²) >= 11 is 6.05. The predicted molar refractivity (Wildman–Crippen MR) is 117 cm³/mol. The second-order valence-corrected chi connectivity index (χ2v) is 8.74. The summed E-state index contributed by atoms with van der Waals surface area (Å²) in [6.07, 6.45) is 8.22. The molecule has 160 valence electrons. The molecule has 0 bridgehead atoms. The van der Waals surface area contributed by atoms with Crippen molar-refractivity contribution in [2.45, 2.75) is 64.3 Å². The maximum absolute atomic E-state index is 13.1. The second kappa shape index (κ2) is 9.21. The van der Waals surface area contributed by atoms with E-state index >= 15 is 0 Å². The number of carbonyl (C=O) groups excluding carboxylic acids is 2. The lowest BCUT2D eigenvalue weighted by Gasteiger charge is -2.29. The van der Waals surface area contributed by atoms with Gasteiger partial charge in [-0.3, -0.25) is 9.59 Å². The van der Waals surface area contributed by atoms with Crippen molar-refractivity contribution in [2.75, 3.05) is 13.1 Å². The smallest absolute Gasteiger partial charge is 0.272 e. The molecule has 1 N–H and O–H groups in total. The number of nitrogens with zero attached hydrogens (tertiary/aromatic N) is 3. The molecule has 4 rings (SSSR count). The third-order valence-electron chi connectivity index (χ3n) is 6.10. The first kappa shape index (κ1) is 20.9. The molecule has 6 nitrogen and oxygen atoms in total. The van der Waals surface area contributed by atoms with Gasteiger partial charge in [0.25, 0.3) is 5.91 Å². The number of nitrogens with one attached hydrogen (secondary N) is 1. The van der Waals surface area contributed by atoms with E-state index in [0.717, 1.165) is 75.0 Å². The van der Waals surface area contributed by atoms with Gasteiger partial charge < -0.3 is 10.2 Å². The lowest BCUT2D eigenvalue weighted by molar-refractivity contribution is -0.133. The fraction of sp³-hybridized carbons (Fsp3) is 0.522. The fourth-order valence-corrected chi connectivity index (χ4v) is 4.59. The summed E-state index contributed by atoms with van der Waals surface area (Å²) in [5.41, 5.74) is 3.45. The van der Waals surface area contributed by atoms with Crippen molar-refractivity contribution >= 4 is 23.4 Å². The van der Waals surface area contributed by atoms with E-state index in [4.69, 9.17) is 16.7 Å². The summed E-state index contributed by atoms with van der Waals surface area (Å²) in [6, 6.07) is 6.95. The van der Waals surface area contributed by atoms with Crippen molar-refractivity contribution in [1.29, 1.82) is 0 Å². The van der Waals surface area contributed by atoms with E-state index in [1.54, 1.807) is 6.92 Å². The summed E-state index contributed by atoms with van der Waals surface area (Å²) in [5.74, 6) is -0.273. The first-order valence-corrected chi connectivity index (χ1v) is 11.4. The molecule has 1 fully saturated rings. The van der Waals surface area contributed by atoms with E-state index in [9.17, 15) is 9.59 Å². The highest BCUT2D eigenvalue weighted by molar-refractivity contribution is 6.30. The molecule has 2 heterocycles. The van der Waals surface area contributed by atoms with Gasteiger partial charge >= 0.3 is 0 Å². The first-order valence-electron chi connectivity index (χ1n) is 11.0. The van der Waals surface area contributed by atoms with Gasteiger partial charge in [-0.2, -0.15) is 5.10 Å². The van der Waals surface area contributed by atoms with Gasteiger partial charge in [0, 0.05) is 29.4 Å². The highest BCUT2D eigenvalue weighted by Crippen LogP contribution is 2.27. The molecule has 1 atom stereocenters. The molecule has 1 saturated heterocycles. The Kier molecular flexibility index (Phi) is 6.42. The zero-order chi connectivity index (χ0) is 21.1. The van der Waals surface area contributed by atoms with E-state index in [1.165, 1.54) is 6.42 Å². The molecule has 0 spiro atoms. The summed E-state index contributed by atoms with van der Waals surface area (Å²) in [7, 11) is 0. The number of amides is 2. The maximum atomic E-state index is 13.1. The molecule has 1 aromatic heterocycles. The highest BCUT2D eigenvalue weighted by atomic mass is 35.5. The van der Waals surface area contributed by atoms with Gasteiger partial charge in [-0.05, 0) is 76.1 Å². The molecule has 0 radical (unpaired) electrons. The number of piperidine rings is 1. The Hall–Kier alpha value is -2.34. The van der Waals surface area contributed by atoms with Crippen molar-refractivity contribution in [3.05, 3.63) is 46.2 Å². The van der Waals surface area contributed by atoms with E-state index in [0.29, 0.717) is 10.7 Å². The molecule has 0 unspecified atom stereocenters. The quantitative estimate of drug-likeness (QED) is 0.750. The number of aromatic nitrogens is 2. The number of hydrogen-bond acceptors (Lipinski definition) is 3. The van der Waals surface area contributed by atoms with Crippen molar-refractivity contribution < 1.29 is 9.59 Å². The van der Waals surface area contributed by atoms with Crippen molar-refractivity contribution in [2.24, 2.45) is 0 Å². The Bertz CT molecular complexity index is 916. The van der Waals surface area contributed by atoms with Crippen LogP contribution in [-0.4, -0.2) is 45.6 Å². The van der Waals surface area contributed by atoms with Crippen molar-refractivity contribution in [3.63, 3.8) is 0 Å². The largest absolute Gasteiger partial charge is 0.341 e. The third-order valence-corrected chi connectivity index (χ3v) is 6.35. The molecule has 1 aliphatic heterocycles. The van der Waals surface area contributed by atoms with Crippen LogP contribution >= 0.6 is 11.6 Å². The SMILES string of the molecule is C[C@H](NC(=O)c1nn(-c2ccc(Cl)cc2)c2c1CCCCC2)C(=O)N1CCCCC1. The van der Waals surface area contributed by atoms with Crippen LogP contribution in [0.1, 0.15) is 67.2 Å². The number of hydrogen-bond donors (Lipinski definition) is 1. The lowest BCUT2D eigenvalue weighted by Crippen LogP contribution is -2.48. The number of fused-ring (bicyclic) bond motifs is 1. The van der Waals surface area contributed by atoms with Crippen LogP contribution < -0.4 is 5.32 Å². The van der Waals surface area contributed by atoms with Crippen LogP contribution in [0.15, 0.2) is 24.3 Å². The van der Waals surface area contributed by atoms with Crippen LogP contribution in [0.25, 0.3) is 5.69 Å². The van der Waals surface area contributed by atoms with Gasteiger partial charge in [-0.25, -0.2) is 4.68 Å². The number of benzene rings is 1. The number of halogens is 1. The second-order valence-electron chi connectivity index (χ2n) is 8.30. The lowest BCUT2D eigenvalue weighted by atomic mass is 10.1. The Morgan fingerprint density at radius 1 is 1.00 bits per heavy atom. The van der Waals surface area contributed by atoms with Crippen molar-refractivity contribution in [1.82, 2.24) is 20.0 Å². The Balaban J connectivity index is 1.59. The Morgan fingerprint density at radius 2 is 1.67 bits per heavy atom. The van der Waals surface area contributed by atoms with Gasteiger partial charge in [0.15, 0.2) is 5.69 Å². The van der Waals surface area contributed by atoms with Crippen LogP contribution in [0, 0.1) is 0 Å². The molecule has 2 amide bonds. The summed E-state index contributed by atoms with van der Waals surface area (Å²) in [5, 5.41) is 8.27. The van der Waals surface area contributed by atoms with E-state index in [-0.39, 0.29) is 11.8 Å². The van der Waals surface area contributed by atoms with Gasteiger partial charge in [0.1, 0.15) is 6.04 Å². The molecule has 1 aromatic carbocycles. The molecule has 2 aliphatic rings. The molecule has 0 saturated carbocycles. The highest BCUT2D eigenvalue weighted by Gasteiger charge is 2.28. The topological polar surface area (TPSA) is 67.2 Å². The minimum absolute atomic E-state index is 0.00808. The molecule has 2 aromatic rings. The van der Waals surface area contributed by atoms with E-state index in [1.807, 2.05) is 33.8 Å². The average Bonchev–Trinajstić information content (AvgIpc) is 2.95. The Labute approximate surface area is 182 Å². The zero-order valence-corrected chi connectivity index (χ0v) is 18.2. The number of carbonyl (C=O) groups is 2. The monoisotopic (exact) mass is 428 g/mol. The number of likely N-dealkylation sites (tertiary alicyclic amines) is 1. The van der Waals surface area contributed by atoms with Crippen molar-refractivity contribution in [3.8, 4) is 5.69 Å². The molecule has 7 heteroatoms. The molecular formula is C23H29ClN4O2. The molecule has 1 aliphatic carbocycles. The van der Waals surface area contributed by atoms with Crippen LogP contribution in [0.2, 0.25) is 5.02 Å². The van der Waals surface area contributed by atoms with Crippen LogP contribution in [0.3, 0.4) is 0 Å². The number of rotatable bonds is 4. The average molecular weight is 429 g/mol. The normalized spacial score (nSPS) is 17.7. The summed E-state index contributed by atoms with van der Waals surface area (Å²) in [4.78, 5) is 27.7.